The van der Waals surface area contributed by atoms with E-state index >= 15 is 0 Å². The van der Waals surface area contributed by atoms with E-state index in [1.807, 2.05) is 6.92 Å². The van der Waals surface area contributed by atoms with Crippen molar-refractivity contribution in [3.63, 3.8) is 0 Å². The number of halogens is 1. The maximum atomic E-state index is 13.1. The van der Waals surface area contributed by atoms with Crippen LogP contribution in [0.2, 0.25) is 0 Å². The molecule has 4 nitrogen and oxygen atoms in total. The normalized spacial score (nSPS) is 12.6. The van der Waals surface area contributed by atoms with E-state index in [0.29, 0.717) is 17.8 Å². The average Bonchev–Trinajstić information content (AvgIpc) is 2.70. The van der Waals surface area contributed by atoms with Gasteiger partial charge in [0.1, 0.15) is 11.6 Å². The van der Waals surface area contributed by atoms with Crippen LogP contribution in [0.1, 0.15) is 22.8 Å². The lowest BCUT2D eigenvalue weighted by molar-refractivity contribution is 0.179. The highest BCUT2D eigenvalue weighted by Gasteiger charge is 2.14. The summed E-state index contributed by atoms with van der Waals surface area (Å²) < 4.78 is 13.1. The monoisotopic (exact) mass is 235 g/mol. The molecule has 0 aliphatic carbocycles. The number of hydrogen-bond acceptors (Lipinski definition) is 3. The SMILES string of the molecule is Cc1ccc(F)cc1CC(O)c1cn[nH]c1N. The van der Waals surface area contributed by atoms with Crippen molar-refractivity contribution in [2.24, 2.45) is 0 Å². The van der Waals surface area contributed by atoms with Crippen LogP contribution in [0.4, 0.5) is 10.2 Å². The number of anilines is 1. The smallest absolute Gasteiger partial charge is 0.124 e. The van der Waals surface area contributed by atoms with Gasteiger partial charge in [-0.05, 0) is 30.2 Å². The van der Waals surface area contributed by atoms with E-state index in [1.54, 1.807) is 6.07 Å². The van der Waals surface area contributed by atoms with Crippen LogP contribution < -0.4 is 5.73 Å². The summed E-state index contributed by atoms with van der Waals surface area (Å²) >= 11 is 0. The fourth-order valence-corrected chi connectivity index (χ4v) is 1.75. The molecule has 17 heavy (non-hydrogen) atoms. The summed E-state index contributed by atoms with van der Waals surface area (Å²) in [6, 6.07) is 4.52. The molecule has 2 rings (SSSR count). The molecule has 1 atom stereocenters. The Morgan fingerprint density at radius 1 is 1.53 bits per heavy atom. The van der Waals surface area contributed by atoms with E-state index in [2.05, 4.69) is 10.2 Å². The van der Waals surface area contributed by atoms with Crippen molar-refractivity contribution in [3.05, 3.63) is 46.9 Å². The summed E-state index contributed by atoms with van der Waals surface area (Å²) in [5, 5.41) is 16.3. The van der Waals surface area contributed by atoms with Crippen LogP contribution >= 0.6 is 0 Å². The number of hydrogen-bond donors (Lipinski definition) is 3. The molecule has 0 spiro atoms. The maximum Gasteiger partial charge on any atom is 0.124 e. The zero-order chi connectivity index (χ0) is 12.4. The summed E-state index contributed by atoms with van der Waals surface area (Å²) in [6.45, 7) is 1.88. The van der Waals surface area contributed by atoms with E-state index in [4.69, 9.17) is 5.73 Å². The lowest BCUT2D eigenvalue weighted by Gasteiger charge is -2.11. The van der Waals surface area contributed by atoms with Crippen LogP contribution in [0.15, 0.2) is 24.4 Å². The van der Waals surface area contributed by atoms with E-state index in [1.165, 1.54) is 18.3 Å². The first-order valence-corrected chi connectivity index (χ1v) is 5.29. The molecular formula is C12H14FN3O. The number of rotatable bonds is 3. The maximum absolute atomic E-state index is 13.1. The minimum Gasteiger partial charge on any atom is -0.388 e. The Morgan fingerprint density at radius 3 is 2.94 bits per heavy atom. The zero-order valence-electron chi connectivity index (χ0n) is 9.44. The molecule has 0 saturated carbocycles. The quantitative estimate of drug-likeness (QED) is 0.758. The van der Waals surface area contributed by atoms with Gasteiger partial charge in [-0.15, -0.1) is 0 Å². The Kier molecular flexibility index (Phi) is 3.10. The van der Waals surface area contributed by atoms with Crippen LogP contribution in [0.5, 0.6) is 0 Å². The Bertz CT molecular complexity index is 524. The first kappa shape index (κ1) is 11.6. The number of aliphatic hydroxyl groups is 1. The van der Waals surface area contributed by atoms with Gasteiger partial charge >= 0.3 is 0 Å². The van der Waals surface area contributed by atoms with Crippen molar-refractivity contribution in [3.8, 4) is 0 Å². The van der Waals surface area contributed by atoms with Crippen molar-refractivity contribution in [1.82, 2.24) is 10.2 Å². The number of aliphatic hydroxyl groups excluding tert-OH is 1. The number of nitrogens with two attached hydrogens (primary N) is 1. The van der Waals surface area contributed by atoms with E-state index < -0.39 is 6.10 Å². The molecule has 5 heteroatoms. The molecule has 90 valence electrons. The average molecular weight is 235 g/mol. The molecule has 0 aliphatic rings. The summed E-state index contributed by atoms with van der Waals surface area (Å²) in [5.74, 6) is 0.0320. The van der Waals surface area contributed by atoms with Crippen molar-refractivity contribution in [2.75, 3.05) is 5.73 Å². The van der Waals surface area contributed by atoms with Gasteiger partial charge in [-0.3, -0.25) is 5.10 Å². The lowest BCUT2D eigenvalue weighted by Crippen LogP contribution is -2.05. The van der Waals surface area contributed by atoms with Crippen LogP contribution in [-0.4, -0.2) is 15.3 Å². The molecule has 1 heterocycles. The third-order valence-corrected chi connectivity index (χ3v) is 2.78. The number of aromatic amines is 1. The van der Waals surface area contributed by atoms with Crippen LogP contribution in [0, 0.1) is 12.7 Å². The molecular weight excluding hydrogens is 221 g/mol. The van der Waals surface area contributed by atoms with Crippen LogP contribution in [0.3, 0.4) is 0 Å². The summed E-state index contributed by atoms with van der Waals surface area (Å²) in [4.78, 5) is 0. The van der Waals surface area contributed by atoms with Crippen molar-refractivity contribution in [1.29, 1.82) is 0 Å². The number of nitrogens with zero attached hydrogens (tertiary/aromatic N) is 1. The Morgan fingerprint density at radius 2 is 2.29 bits per heavy atom. The lowest BCUT2D eigenvalue weighted by atomic mass is 9.99. The largest absolute Gasteiger partial charge is 0.388 e. The number of H-pyrrole nitrogens is 1. The van der Waals surface area contributed by atoms with E-state index in [9.17, 15) is 9.50 Å². The minimum absolute atomic E-state index is 0.307. The predicted octanol–water partition coefficient (Wildman–Crippen LogP) is 1.72. The van der Waals surface area contributed by atoms with Crippen LogP contribution in [-0.2, 0) is 6.42 Å². The number of aryl methyl sites for hydroxylation is 1. The van der Waals surface area contributed by atoms with Gasteiger partial charge in [0, 0.05) is 12.0 Å². The number of nitrogens with one attached hydrogen (secondary N) is 1. The van der Waals surface area contributed by atoms with Gasteiger partial charge in [0.25, 0.3) is 0 Å². The fraction of sp³-hybridized carbons (Fsp3) is 0.250. The highest BCUT2D eigenvalue weighted by molar-refractivity contribution is 5.39. The minimum atomic E-state index is -0.783. The Balaban J connectivity index is 2.21. The summed E-state index contributed by atoms with van der Waals surface area (Å²) in [7, 11) is 0. The molecule has 0 amide bonds. The fourth-order valence-electron chi connectivity index (χ4n) is 1.75. The van der Waals surface area contributed by atoms with Crippen LogP contribution in [0.25, 0.3) is 0 Å². The van der Waals surface area contributed by atoms with Gasteiger partial charge in [-0.25, -0.2) is 4.39 Å². The second-order valence-corrected chi connectivity index (χ2v) is 4.03. The Hall–Kier alpha value is -1.88. The third-order valence-electron chi connectivity index (χ3n) is 2.78. The van der Waals surface area contributed by atoms with Gasteiger partial charge in [-0.1, -0.05) is 6.07 Å². The predicted molar refractivity (Wildman–Crippen MR) is 62.8 cm³/mol. The first-order valence-electron chi connectivity index (χ1n) is 5.29. The van der Waals surface area contributed by atoms with Gasteiger partial charge in [0.15, 0.2) is 0 Å². The molecule has 0 radical (unpaired) electrons. The molecule has 2 aromatic rings. The van der Waals surface area contributed by atoms with Gasteiger partial charge in [0.2, 0.25) is 0 Å². The summed E-state index contributed by atoms with van der Waals surface area (Å²) in [5.41, 5.74) is 7.85. The molecule has 1 unspecified atom stereocenters. The zero-order valence-corrected chi connectivity index (χ0v) is 9.44. The molecule has 1 aromatic heterocycles. The highest BCUT2D eigenvalue weighted by atomic mass is 19.1. The van der Waals surface area contributed by atoms with Gasteiger partial charge in [0.05, 0.1) is 12.3 Å². The second kappa shape index (κ2) is 4.55. The second-order valence-electron chi connectivity index (χ2n) is 4.03. The topological polar surface area (TPSA) is 74.9 Å². The van der Waals surface area contributed by atoms with E-state index in [-0.39, 0.29) is 5.82 Å². The molecule has 0 fully saturated rings. The number of aromatic nitrogens is 2. The van der Waals surface area contributed by atoms with Crippen molar-refractivity contribution >= 4 is 5.82 Å². The van der Waals surface area contributed by atoms with Crippen molar-refractivity contribution in [2.45, 2.75) is 19.4 Å². The number of nitrogen functional groups attached to an aromatic ring is 1. The molecule has 1 aromatic carbocycles. The molecule has 4 N–H and O–H groups in total. The molecule has 0 saturated heterocycles. The molecule has 0 bridgehead atoms. The third kappa shape index (κ3) is 2.45. The van der Waals surface area contributed by atoms with E-state index in [0.717, 1.165) is 11.1 Å². The Labute approximate surface area is 98.3 Å². The molecule has 0 aliphatic heterocycles. The number of benzene rings is 1. The highest BCUT2D eigenvalue weighted by Crippen LogP contribution is 2.23. The van der Waals surface area contributed by atoms with Gasteiger partial charge < -0.3 is 10.8 Å². The standard InChI is InChI=1S/C12H14FN3O/c1-7-2-3-9(13)4-8(7)5-11(17)10-6-15-16-12(10)14/h2-4,6,11,17H,5H2,1H3,(H3,14,15,16). The van der Waals surface area contributed by atoms with Crippen molar-refractivity contribution < 1.29 is 9.50 Å². The first-order chi connectivity index (χ1) is 8.08. The van der Waals surface area contributed by atoms with Gasteiger partial charge in [-0.2, -0.15) is 5.10 Å². The summed E-state index contributed by atoms with van der Waals surface area (Å²) in [6.07, 6.45) is 1.01.